The Kier molecular flexibility index (Phi) is 3.65. The summed E-state index contributed by atoms with van der Waals surface area (Å²) in [5.41, 5.74) is 9.08. The number of anilines is 1. The highest BCUT2D eigenvalue weighted by Gasteiger charge is 2.15. The molecule has 3 aromatic rings. The highest BCUT2D eigenvalue weighted by Crippen LogP contribution is 2.23. The number of hydrogen-bond acceptors (Lipinski definition) is 5. The zero-order chi connectivity index (χ0) is 16.4. The lowest BCUT2D eigenvalue weighted by molar-refractivity contribution is 0.0953. The van der Waals surface area contributed by atoms with Crippen LogP contribution in [-0.4, -0.2) is 32.4 Å². The number of aromatic amines is 1. The standard InChI is InChI=1S/C16H14N6O/c1-3-6-18-16(23)12-8-19-14(17)13(20-12)15-21-10-5-4-9(2)7-11(10)22-15/h1,4-5,7-8H,6H2,2H3,(H2,17,19)(H,18,23)(H,21,22). The topological polar surface area (TPSA) is 110 Å². The number of hydrogen-bond donors (Lipinski definition) is 3. The molecular formula is C16H14N6O. The van der Waals surface area contributed by atoms with Crippen LogP contribution in [0.25, 0.3) is 22.6 Å². The zero-order valence-electron chi connectivity index (χ0n) is 12.4. The molecule has 7 heteroatoms. The Balaban J connectivity index is 2.03. The summed E-state index contributed by atoms with van der Waals surface area (Å²) in [6, 6.07) is 5.84. The van der Waals surface area contributed by atoms with E-state index in [0.29, 0.717) is 11.5 Å². The van der Waals surface area contributed by atoms with E-state index in [1.54, 1.807) is 0 Å². The molecule has 114 valence electrons. The monoisotopic (exact) mass is 306 g/mol. The minimum atomic E-state index is -0.413. The van der Waals surface area contributed by atoms with E-state index in [4.69, 9.17) is 12.2 Å². The van der Waals surface area contributed by atoms with Crippen molar-refractivity contribution in [1.29, 1.82) is 0 Å². The number of fused-ring (bicyclic) bond motifs is 1. The largest absolute Gasteiger partial charge is 0.382 e. The van der Waals surface area contributed by atoms with E-state index in [1.165, 1.54) is 6.20 Å². The van der Waals surface area contributed by atoms with E-state index in [0.717, 1.165) is 16.6 Å². The molecule has 1 aromatic carbocycles. The number of H-pyrrole nitrogens is 1. The molecule has 1 amide bonds. The first-order chi connectivity index (χ1) is 11.1. The first-order valence-electron chi connectivity index (χ1n) is 6.89. The molecule has 0 aliphatic heterocycles. The van der Waals surface area contributed by atoms with Crippen molar-refractivity contribution in [1.82, 2.24) is 25.3 Å². The first-order valence-corrected chi connectivity index (χ1v) is 6.89. The number of terminal acetylenes is 1. The SMILES string of the molecule is C#CCNC(=O)c1cnc(N)c(-c2nc3ccc(C)cc3[nH]2)n1. The van der Waals surface area contributed by atoms with Gasteiger partial charge in [0, 0.05) is 0 Å². The third-order valence-corrected chi connectivity index (χ3v) is 3.25. The molecule has 2 heterocycles. The number of nitrogens with one attached hydrogen (secondary N) is 2. The summed E-state index contributed by atoms with van der Waals surface area (Å²) in [6.45, 7) is 2.11. The molecule has 0 aliphatic carbocycles. The molecule has 0 atom stereocenters. The smallest absolute Gasteiger partial charge is 0.272 e. The van der Waals surface area contributed by atoms with E-state index in [1.807, 2.05) is 25.1 Å². The summed E-state index contributed by atoms with van der Waals surface area (Å²) < 4.78 is 0. The van der Waals surface area contributed by atoms with Gasteiger partial charge in [-0.15, -0.1) is 6.42 Å². The van der Waals surface area contributed by atoms with Gasteiger partial charge in [-0.25, -0.2) is 15.0 Å². The van der Waals surface area contributed by atoms with Gasteiger partial charge in [0.2, 0.25) is 0 Å². The van der Waals surface area contributed by atoms with Crippen LogP contribution in [0.15, 0.2) is 24.4 Å². The van der Waals surface area contributed by atoms with Crippen molar-refractivity contribution >= 4 is 22.8 Å². The van der Waals surface area contributed by atoms with E-state index in [-0.39, 0.29) is 18.1 Å². The average molecular weight is 306 g/mol. The third-order valence-electron chi connectivity index (χ3n) is 3.25. The Hall–Kier alpha value is -3.40. The average Bonchev–Trinajstić information content (AvgIpc) is 2.95. The number of benzene rings is 1. The van der Waals surface area contributed by atoms with Crippen LogP contribution in [0, 0.1) is 19.3 Å². The van der Waals surface area contributed by atoms with Crippen molar-refractivity contribution in [3.8, 4) is 23.9 Å². The molecule has 0 bridgehead atoms. The van der Waals surface area contributed by atoms with Gasteiger partial charge < -0.3 is 16.0 Å². The van der Waals surface area contributed by atoms with Crippen molar-refractivity contribution in [3.63, 3.8) is 0 Å². The summed E-state index contributed by atoms with van der Waals surface area (Å²) in [5, 5.41) is 2.53. The molecule has 0 aliphatic rings. The lowest BCUT2D eigenvalue weighted by atomic mass is 10.2. The Morgan fingerprint density at radius 1 is 1.43 bits per heavy atom. The summed E-state index contributed by atoms with van der Waals surface area (Å²) in [6.07, 6.45) is 6.42. The third kappa shape index (κ3) is 2.82. The number of nitrogen functional groups attached to an aromatic ring is 1. The highest BCUT2D eigenvalue weighted by molar-refractivity contribution is 5.93. The summed E-state index contributed by atoms with van der Waals surface area (Å²) in [4.78, 5) is 27.8. The molecule has 0 saturated heterocycles. The van der Waals surface area contributed by atoms with Crippen LogP contribution in [0.3, 0.4) is 0 Å². The van der Waals surface area contributed by atoms with Gasteiger partial charge in [0.15, 0.2) is 11.6 Å². The van der Waals surface area contributed by atoms with Gasteiger partial charge in [-0.1, -0.05) is 12.0 Å². The van der Waals surface area contributed by atoms with Gasteiger partial charge >= 0.3 is 0 Å². The molecule has 0 radical (unpaired) electrons. The van der Waals surface area contributed by atoms with Crippen molar-refractivity contribution < 1.29 is 4.79 Å². The number of amides is 1. The molecule has 0 unspecified atom stereocenters. The van der Waals surface area contributed by atoms with Crippen molar-refractivity contribution in [2.24, 2.45) is 0 Å². The maximum Gasteiger partial charge on any atom is 0.272 e. The summed E-state index contributed by atoms with van der Waals surface area (Å²) in [7, 11) is 0. The van der Waals surface area contributed by atoms with Crippen molar-refractivity contribution in [3.05, 3.63) is 35.7 Å². The summed E-state index contributed by atoms with van der Waals surface area (Å²) >= 11 is 0. The van der Waals surface area contributed by atoms with Gasteiger partial charge in [-0.2, -0.15) is 0 Å². The number of carbonyl (C=O) groups excluding carboxylic acids is 1. The number of carbonyl (C=O) groups is 1. The van der Waals surface area contributed by atoms with Gasteiger partial charge in [0.25, 0.3) is 5.91 Å². The fraction of sp³-hybridized carbons (Fsp3) is 0.125. The van der Waals surface area contributed by atoms with Gasteiger partial charge in [-0.3, -0.25) is 4.79 Å². The van der Waals surface area contributed by atoms with Crippen LogP contribution in [-0.2, 0) is 0 Å². The predicted octanol–water partition coefficient (Wildman–Crippen LogP) is 1.27. The predicted molar refractivity (Wildman–Crippen MR) is 87.4 cm³/mol. The second-order valence-corrected chi connectivity index (χ2v) is 4.98. The number of aryl methyl sites for hydroxylation is 1. The zero-order valence-corrected chi connectivity index (χ0v) is 12.4. The van der Waals surface area contributed by atoms with E-state index in [2.05, 4.69) is 31.2 Å². The summed E-state index contributed by atoms with van der Waals surface area (Å²) in [5.74, 6) is 2.56. The maximum absolute atomic E-state index is 11.9. The molecular weight excluding hydrogens is 292 g/mol. The Labute approximate surface area is 132 Å². The molecule has 0 saturated carbocycles. The van der Waals surface area contributed by atoms with Gasteiger partial charge in [0.1, 0.15) is 11.4 Å². The minimum Gasteiger partial charge on any atom is -0.382 e. The Bertz CT molecular complexity index is 937. The van der Waals surface area contributed by atoms with Crippen LogP contribution in [0.4, 0.5) is 5.82 Å². The van der Waals surface area contributed by atoms with Crippen LogP contribution in [0.5, 0.6) is 0 Å². The molecule has 3 rings (SSSR count). The normalized spacial score (nSPS) is 10.4. The lowest BCUT2D eigenvalue weighted by Crippen LogP contribution is -2.25. The Morgan fingerprint density at radius 2 is 2.26 bits per heavy atom. The Morgan fingerprint density at radius 3 is 3.04 bits per heavy atom. The maximum atomic E-state index is 11.9. The van der Waals surface area contributed by atoms with Gasteiger partial charge in [0.05, 0.1) is 23.8 Å². The fourth-order valence-corrected chi connectivity index (χ4v) is 2.14. The van der Waals surface area contributed by atoms with Crippen molar-refractivity contribution in [2.75, 3.05) is 12.3 Å². The number of nitrogens with zero attached hydrogens (tertiary/aromatic N) is 3. The fourth-order valence-electron chi connectivity index (χ4n) is 2.14. The van der Waals surface area contributed by atoms with E-state index < -0.39 is 5.91 Å². The van der Waals surface area contributed by atoms with Crippen LogP contribution in [0.2, 0.25) is 0 Å². The number of imidazole rings is 1. The molecule has 2 aromatic heterocycles. The lowest BCUT2D eigenvalue weighted by Gasteiger charge is -2.04. The van der Waals surface area contributed by atoms with Crippen LogP contribution in [0.1, 0.15) is 16.1 Å². The van der Waals surface area contributed by atoms with E-state index >= 15 is 0 Å². The molecule has 0 fully saturated rings. The quantitative estimate of drug-likeness (QED) is 0.631. The minimum absolute atomic E-state index is 0.115. The second-order valence-electron chi connectivity index (χ2n) is 4.98. The molecule has 7 nitrogen and oxygen atoms in total. The molecule has 23 heavy (non-hydrogen) atoms. The van der Waals surface area contributed by atoms with Gasteiger partial charge in [-0.05, 0) is 24.6 Å². The number of nitrogens with two attached hydrogens (primary N) is 1. The number of aromatic nitrogens is 4. The number of rotatable bonds is 3. The van der Waals surface area contributed by atoms with Crippen LogP contribution >= 0.6 is 0 Å². The van der Waals surface area contributed by atoms with Crippen molar-refractivity contribution in [2.45, 2.75) is 6.92 Å². The van der Waals surface area contributed by atoms with E-state index in [9.17, 15) is 4.79 Å². The molecule has 0 spiro atoms. The highest BCUT2D eigenvalue weighted by atomic mass is 16.1. The van der Waals surface area contributed by atoms with Crippen LogP contribution < -0.4 is 11.1 Å². The molecule has 4 N–H and O–H groups in total. The second kappa shape index (κ2) is 5.77. The first kappa shape index (κ1) is 14.5.